The second kappa shape index (κ2) is 5.61. The van der Waals surface area contributed by atoms with E-state index in [0.717, 1.165) is 18.4 Å². The highest BCUT2D eigenvalue weighted by Crippen LogP contribution is 2.41. The zero-order chi connectivity index (χ0) is 14.1. The number of hydrogen-bond acceptors (Lipinski definition) is 1. The molecule has 1 atom stereocenters. The Balaban J connectivity index is 1.97. The molecule has 0 aliphatic heterocycles. The SMILES string of the molecule is Cc1[nH]c2ccccc2c1C(CN)C1CCC(C)CC1. The molecule has 0 spiro atoms. The highest BCUT2D eigenvalue weighted by atomic mass is 14.7. The molecular weight excluding hydrogens is 244 g/mol. The number of hydrogen-bond donors (Lipinski definition) is 2. The first-order chi connectivity index (χ1) is 9.70. The van der Waals surface area contributed by atoms with Crippen molar-refractivity contribution in [1.82, 2.24) is 4.98 Å². The van der Waals surface area contributed by atoms with E-state index in [-0.39, 0.29) is 0 Å². The maximum Gasteiger partial charge on any atom is 0.0458 e. The van der Waals surface area contributed by atoms with Gasteiger partial charge >= 0.3 is 0 Å². The molecule has 2 aromatic rings. The first-order valence-corrected chi connectivity index (χ1v) is 7.98. The molecule has 1 aromatic carbocycles. The molecule has 0 bridgehead atoms. The van der Waals surface area contributed by atoms with Gasteiger partial charge in [-0.15, -0.1) is 0 Å². The van der Waals surface area contributed by atoms with Crippen LogP contribution < -0.4 is 5.73 Å². The Kier molecular flexibility index (Phi) is 3.84. The number of aromatic amines is 1. The largest absolute Gasteiger partial charge is 0.358 e. The van der Waals surface area contributed by atoms with Gasteiger partial charge in [-0.3, -0.25) is 0 Å². The lowest BCUT2D eigenvalue weighted by Gasteiger charge is -2.32. The van der Waals surface area contributed by atoms with Crippen LogP contribution in [0.5, 0.6) is 0 Å². The van der Waals surface area contributed by atoms with E-state index in [1.54, 1.807) is 0 Å². The zero-order valence-electron chi connectivity index (χ0n) is 12.7. The van der Waals surface area contributed by atoms with Gasteiger partial charge in [0, 0.05) is 22.5 Å². The number of H-pyrrole nitrogens is 1. The van der Waals surface area contributed by atoms with Crippen LogP contribution in [0.1, 0.15) is 49.8 Å². The van der Waals surface area contributed by atoms with Crippen molar-refractivity contribution in [1.29, 1.82) is 0 Å². The molecule has 20 heavy (non-hydrogen) atoms. The molecule has 1 aliphatic carbocycles. The summed E-state index contributed by atoms with van der Waals surface area (Å²) in [6, 6.07) is 8.64. The summed E-state index contributed by atoms with van der Waals surface area (Å²) in [7, 11) is 0. The summed E-state index contributed by atoms with van der Waals surface area (Å²) in [5.41, 5.74) is 10.2. The van der Waals surface area contributed by atoms with E-state index in [1.165, 1.54) is 47.8 Å². The molecule has 1 unspecified atom stereocenters. The fourth-order valence-corrected chi connectivity index (χ4v) is 4.01. The minimum Gasteiger partial charge on any atom is -0.358 e. The van der Waals surface area contributed by atoms with Crippen molar-refractivity contribution in [3.05, 3.63) is 35.5 Å². The van der Waals surface area contributed by atoms with Crippen LogP contribution in [-0.4, -0.2) is 11.5 Å². The summed E-state index contributed by atoms with van der Waals surface area (Å²) in [5, 5.41) is 1.37. The predicted octanol–water partition coefficient (Wildman–Crippen LogP) is 4.34. The van der Waals surface area contributed by atoms with Gasteiger partial charge < -0.3 is 10.7 Å². The van der Waals surface area contributed by atoms with Gasteiger partial charge in [-0.2, -0.15) is 0 Å². The summed E-state index contributed by atoms with van der Waals surface area (Å²) in [4.78, 5) is 3.53. The first kappa shape index (κ1) is 13.7. The van der Waals surface area contributed by atoms with E-state index in [9.17, 15) is 0 Å². The molecule has 1 aromatic heterocycles. The number of para-hydroxylation sites is 1. The van der Waals surface area contributed by atoms with Gasteiger partial charge in [0.05, 0.1) is 0 Å². The number of benzene rings is 1. The average Bonchev–Trinajstić information content (AvgIpc) is 2.79. The van der Waals surface area contributed by atoms with Gasteiger partial charge in [0.25, 0.3) is 0 Å². The Labute approximate surface area is 121 Å². The van der Waals surface area contributed by atoms with Crippen LogP contribution in [0.25, 0.3) is 10.9 Å². The van der Waals surface area contributed by atoms with Gasteiger partial charge in [-0.1, -0.05) is 38.0 Å². The molecule has 1 fully saturated rings. The molecule has 1 heterocycles. The third-order valence-corrected chi connectivity index (χ3v) is 5.20. The molecule has 2 nitrogen and oxygen atoms in total. The monoisotopic (exact) mass is 270 g/mol. The van der Waals surface area contributed by atoms with Crippen LogP contribution in [0.2, 0.25) is 0 Å². The Hall–Kier alpha value is -1.28. The second-order valence-corrected chi connectivity index (χ2v) is 6.57. The van der Waals surface area contributed by atoms with Gasteiger partial charge in [-0.25, -0.2) is 0 Å². The molecule has 1 saturated carbocycles. The molecule has 108 valence electrons. The molecule has 3 rings (SSSR count). The van der Waals surface area contributed by atoms with Crippen LogP contribution in [0.15, 0.2) is 24.3 Å². The quantitative estimate of drug-likeness (QED) is 0.855. The van der Waals surface area contributed by atoms with Crippen LogP contribution in [0.4, 0.5) is 0 Å². The molecule has 0 amide bonds. The number of aryl methyl sites for hydroxylation is 1. The predicted molar refractivity (Wildman–Crippen MR) is 86.0 cm³/mol. The maximum absolute atomic E-state index is 6.18. The second-order valence-electron chi connectivity index (χ2n) is 6.57. The summed E-state index contributed by atoms with van der Waals surface area (Å²) < 4.78 is 0. The van der Waals surface area contributed by atoms with E-state index in [2.05, 4.69) is 43.1 Å². The molecule has 0 saturated heterocycles. The third-order valence-electron chi connectivity index (χ3n) is 5.20. The average molecular weight is 270 g/mol. The summed E-state index contributed by atoms with van der Waals surface area (Å²) in [6.45, 7) is 5.34. The Morgan fingerprint density at radius 1 is 1.20 bits per heavy atom. The molecule has 2 heteroatoms. The number of rotatable bonds is 3. The normalized spacial score (nSPS) is 24.9. The Morgan fingerprint density at radius 2 is 1.90 bits per heavy atom. The van der Waals surface area contributed by atoms with Crippen molar-refractivity contribution in [3.8, 4) is 0 Å². The molecule has 0 radical (unpaired) electrons. The maximum atomic E-state index is 6.18. The van der Waals surface area contributed by atoms with Crippen molar-refractivity contribution in [3.63, 3.8) is 0 Å². The van der Waals surface area contributed by atoms with Crippen molar-refractivity contribution in [2.45, 2.75) is 45.4 Å². The van der Waals surface area contributed by atoms with E-state index in [0.29, 0.717) is 5.92 Å². The summed E-state index contributed by atoms with van der Waals surface area (Å²) >= 11 is 0. The highest BCUT2D eigenvalue weighted by molar-refractivity contribution is 5.85. The number of nitrogens with two attached hydrogens (primary N) is 1. The van der Waals surface area contributed by atoms with Crippen molar-refractivity contribution in [2.75, 3.05) is 6.54 Å². The number of aromatic nitrogens is 1. The van der Waals surface area contributed by atoms with Crippen LogP contribution in [0.3, 0.4) is 0 Å². The first-order valence-electron chi connectivity index (χ1n) is 7.98. The zero-order valence-corrected chi connectivity index (χ0v) is 12.7. The van der Waals surface area contributed by atoms with E-state index in [1.807, 2.05) is 0 Å². The highest BCUT2D eigenvalue weighted by Gasteiger charge is 2.29. The van der Waals surface area contributed by atoms with Crippen molar-refractivity contribution < 1.29 is 0 Å². The van der Waals surface area contributed by atoms with Gasteiger partial charge in [0.2, 0.25) is 0 Å². The van der Waals surface area contributed by atoms with Gasteiger partial charge in [-0.05, 0) is 49.8 Å². The fourth-order valence-electron chi connectivity index (χ4n) is 4.01. The molecular formula is C18H26N2. The van der Waals surface area contributed by atoms with Crippen molar-refractivity contribution >= 4 is 10.9 Å². The minimum atomic E-state index is 0.513. The van der Waals surface area contributed by atoms with Crippen LogP contribution >= 0.6 is 0 Å². The third kappa shape index (κ3) is 2.37. The summed E-state index contributed by atoms with van der Waals surface area (Å²) in [5.74, 6) is 2.17. The van der Waals surface area contributed by atoms with E-state index < -0.39 is 0 Å². The van der Waals surface area contributed by atoms with Gasteiger partial charge in [0.15, 0.2) is 0 Å². The van der Waals surface area contributed by atoms with E-state index in [4.69, 9.17) is 5.73 Å². The van der Waals surface area contributed by atoms with Crippen molar-refractivity contribution in [2.24, 2.45) is 17.6 Å². The Morgan fingerprint density at radius 3 is 2.60 bits per heavy atom. The summed E-state index contributed by atoms with van der Waals surface area (Å²) in [6.07, 6.45) is 5.40. The van der Waals surface area contributed by atoms with E-state index >= 15 is 0 Å². The van der Waals surface area contributed by atoms with Gasteiger partial charge in [0.1, 0.15) is 0 Å². The van der Waals surface area contributed by atoms with Crippen LogP contribution in [0, 0.1) is 18.8 Å². The lowest BCUT2D eigenvalue weighted by molar-refractivity contribution is 0.256. The molecule has 1 aliphatic rings. The lowest BCUT2D eigenvalue weighted by atomic mass is 9.73. The smallest absolute Gasteiger partial charge is 0.0458 e. The molecule has 3 N–H and O–H groups in total. The fraction of sp³-hybridized carbons (Fsp3) is 0.556. The topological polar surface area (TPSA) is 41.8 Å². The van der Waals surface area contributed by atoms with Crippen LogP contribution in [-0.2, 0) is 0 Å². The number of nitrogens with one attached hydrogen (secondary N) is 1. The minimum absolute atomic E-state index is 0.513. The Bertz CT molecular complexity index is 576. The lowest BCUT2D eigenvalue weighted by Crippen LogP contribution is -2.25. The number of fused-ring (bicyclic) bond motifs is 1. The standard InChI is InChI=1S/C18H26N2/c1-12-7-9-14(10-8-12)16(11-19)18-13(2)20-17-6-4-3-5-15(17)18/h3-6,12,14,16,20H,7-11,19H2,1-2H3.